The molecular weight excluding hydrogens is 184 g/mol. The number of rotatable bonds is 1. The molecule has 0 radical (unpaired) electrons. The lowest BCUT2D eigenvalue weighted by Gasteiger charge is -1.85. The molecule has 0 aliphatic rings. The van der Waals surface area contributed by atoms with E-state index < -0.39 is 0 Å². The molecular formula is C8H10N4S. The summed E-state index contributed by atoms with van der Waals surface area (Å²) in [4.78, 5) is 5.29. The Balaban J connectivity index is 2.46. The molecule has 0 aliphatic heterocycles. The van der Waals surface area contributed by atoms with Crippen LogP contribution >= 0.6 is 11.3 Å². The Morgan fingerprint density at radius 3 is 2.77 bits per heavy atom. The lowest BCUT2D eigenvalue weighted by molar-refractivity contribution is 0.768. The molecule has 4 nitrogen and oxygen atoms in total. The second kappa shape index (κ2) is 2.85. The largest absolute Gasteiger partial charge is 0.383 e. The van der Waals surface area contributed by atoms with Crippen molar-refractivity contribution in [1.29, 1.82) is 0 Å². The van der Waals surface area contributed by atoms with E-state index in [9.17, 15) is 0 Å². The molecule has 0 saturated heterocycles. The minimum Gasteiger partial charge on any atom is -0.383 e. The Kier molecular flexibility index (Phi) is 1.81. The van der Waals surface area contributed by atoms with Gasteiger partial charge in [-0.2, -0.15) is 5.10 Å². The van der Waals surface area contributed by atoms with E-state index in [1.165, 1.54) is 0 Å². The maximum absolute atomic E-state index is 5.66. The van der Waals surface area contributed by atoms with Crippen LogP contribution in [0.4, 0.5) is 5.82 Å². The minimum atomic E-state index is 0.615. The maximum Gasteiger partial charge on any atom is 0.138 e. The van der Waals surface area contributed by atoms with Gasteiger partial charge >= 0.3 is 0 Å². The van der Waals surface area contributed by atoms with E-state index >= 15 is 0 Å². The van der Waals surface area contributed by atoms with Gasteiger partial charge in [0.05, 0.1) is 6.20 Å². The van der Waals surface area contributed by atoms with Crippen LogP contribution in [0, 0.1) is 6.92 Å². The van der Waals surface area contributed by atoms with Gasteiger partial charge in [-0.25, -0.2) is 4.98 Å². The number of nitrogen functional groups attached to an aromatic ring is 1. The summed E-state index contributed by atoms with van der Waals surface area (Å²) >= 11 is 1.59. The summed E-state index contributed by atoms with van der Waals surface area (Å²) < 4.78 is 1.75. The fourth-order valence-electron chi connectivity index (χ4n) is 1.06. The molecule has 0 saturated carbocycles. The Bertz CT molecular complexity index is 410. The summed E-state index contributed by atoms with van der Waals surface area (Å²) in [7, 11) is 1.88. The average molecular weight is 194 g/mol. The predicted molar refractivity (Wildman–Crippen MR) is 53.5 cm³/mol. The molecule has 0 atom stereocenters. The molecule has 0 bridgehead atoms. The zero-order valence-electron chi connectivity index (χ0n) is 7.48. The second-order valence-corrected chi connectivity index (χ2v) is 4.07. The number of aromatic nitrogens is 3. The van der Waals surface area contributed by atoms with Crippen molar-refractivity contribution in [2.24, 2.45) is 7.05 Å². The third kappa shape index (κ3) is 1.42. The van der Waals surface area contributed by atoms with Gasteiger partial charge in [0.1, 0.15) is 10.8 Å². The Hall–Kier alpha value is -1.36. The second-order valence-electron chi connectivity index (χ2n) is 2.86. The SMILES string of the molecule is Cc1sc(-c2cnn(C)c2)nc1N. The highest BCUT2D eigenvalue weighted by Gasteiger charge is 2.07. The van der Waals surface area contributed by atoms with Gasteiger partial charge in [-0.15, -0.1) is 11.3 Å². The quantitative estimate of drug-likeness (QED) is 0.747. The van der Waals surface area contributed by atoms with Crippen molar-refractivity contribution in [1.82, 2.24) is 14.8 Å². The fourth-order valence-corrected chi connectivity index (χ4v) is 1.87. The van der Waals surface area contributed by atoms with Crippen molar-refractivity contribution in [2.75, 3.05) is 5.73 Å². The summed E-state index contributed by atoms with van der Waals surface area (Å²) in [5.74, 6) is 0.615. The van der Waals surface area contributed by atoms with Crippen LogP contribution in [-0.4, -0.2) is 14.8 Å². The molecule has 2 N–H and O–H groups in total. The molecule has 0 aliphatic carbocycles. The van der Waals surface area contributed by atoms with Gasteiger partial charge < -0.3 is 5.73 Å². The monoisotopic (exact) mass is 194 g/mol. The molecule has 68 valence electrons. The van der Waals surface area contributed by atoms with Crippen LogP contribution in [0.25, 0.3) is 10.6 Å². The van der Waals surface area contributed by atoms with E-state index in [1.54, 1.807) is 22.2 Å². The van der Waals surface area contributed by atoms with E-state index in [1.807, 2.05) is 20.2 Å². The Morgan fingerprint density at radius 2 is 2.31 bits per heavy atom. The van der Waals surface area contributed by atoms with Crippen molar-refractivity contribution in [2.45, 2.75) is 6.92 Å². The first-order valence-corrected chi connectivity index (χ1v) is 4.70. The molecule has 2 aromatic heterocycles. The first kappa shape index (κ1) is 8.25. The minimum absolute atomic E-state index is 0.615. The van der Waals surface area contributed by atoms with Crippen molar-refractivity contribution in [3.8, 4) is 10.6 Å². The number of thiazole rings is 1. The molecule has 13 heavy (non-hydrogen) atoms. The fraction of sp³-hybridized carbons (Fsp3) is 0.250. The maximum atomic E-state index is 5.66. The first-order chi connectivity index (χ1) is 6.16. The number of hydrogen-bond acceptors (Lipinski definition) is 4. The summed E-state index contributed by atoms with van der Waals surface area (Å²) in [5, 5.41) is 5.01. The molecule has 0 fully saturated rings. The zero-order chi connectivity index (χ0) is 9.42. The van der Waals surface area contributed by atoms with Crippen molar-refractivity contribution >= 4 is 17.2 Å². The average Bonchev–Trinajstić information content (AvgIpc) is 2.61. The van der Waals surface area contributed by atoms with Crippen molar-refractivity contribution < 1.29 is 0 Å². The molecule has 2 aromatic rings. The van der Waals surface area contributed by atoms with E-state index in [2.05, 4.69) is 10.1 Å². The van der Waals surface area contributed by atoms with E-state index in [-0.39, 0.29) is 0 Å². The zero-order valence-corrected chi connectivity index (χ0v) is 8.30. The van der Waals surface area contributed by atoms with Crippen LogP contribution in [0.1, 0.15) is 4.88 Å². The van der Waals surface area contributed by atoms with Gasteiger partial charge in [0.25, 0.3) is 0 Å². The number of hydrogen-bond donors (Lipinski definition) is 1. The number of aryl methyl sites for hydroxylation is 2. The molecule has 5 heteroatoms. The highest BCUT2D eigenvalue weighted by atomic mass is 32.1. The van der Waals surface area contributed by atoms with Crippen LogP contribution in [0.2, 0.25) is 0 Å². The molecule has 0 aromatic carbocycles. The van der Waals surface area contributed by atoms with Crippen LogP contribution in [0.5, 0.6) is 0 Å². The molecule has 0 spiro atoms. The summed E-state index contributed by atoms with van der Waals surface area (Å²) in [6, 6.07) is 0. The van der Waals surface area contributed by atoms with Gasteiger partial charge in [-0.05, 0) is 6.92 Å². The predicted octanol–water partition coefficient (Wildman–Crippen LogP) is 1.43. The van der Waals surface area contributed by atoms with E-state index in [0.717, 1.165) is 15.4 Å². The third-order valence-electron chi connectivity index (χ3n) is 1.78. The Morgan fingerprint density at radius 1 is 1.54 bits per heavy atom. The van der Waals surface area contributed by atoms with Crippen LogP contribution in [0.15, 0.2) is 12.4 Å². The summed E-state index contributed by atoms with van der Waals surface area (Å²) in [5.41, 5.74) is 6.68. The van der Waals surface area contributed by atoms with Gasteiger partial charge in [0.15, 0.2) is 0 Å². The molecule has 2 rings (SSSR count). The number of nitrogens with zero attached hydrogens (tertiary/aromatic N) is 3. The molecule has 0 unspecified atom stereocenters. The van der Waals surface area contributed by atoms with Crippen molar-refractivity contribution in [3.05, 3.63) is 17.3 Å². The summed E-state index contributed by atoms with van der Waals surface area (Å²) in [6.07, 6.45) is 3.72. The lowest BCUT2D eigenvalue weighted by Crippen LogP contribution is -1.85. The third-order valence-corrected chi connectivity index (χ3v) is 2.82. The van der Waals surface area contributed by atoms with Gasteiger partial charge in [0, 0.05) is 23.7 Å². The van der Waals surface area contributed by atoms with Crippen LogP contribution in [-0.2, 0) is 7.05 Å². The van der Waals surface area contributed by atoms with E-state index in [0.29, 0.717) is 5.82 Å². The van der Waals surface area contributed by atoms with Crippen LogP contribution in [0.3, 0.4) is 0 Å². The Labute approximate surface area is 80.0 Å². The first-order valence-electron chi connectivity index (χ1n) is 3.89. The highest BCUT2D eigenvalue weighted by Crippen LogP contribution is 2.27. The number of nitrogens with two attached hydrogens (primary N) is 1. The standard InChI is InChI=1S/C8H10N4S/c1-5-7(9)11-8(13-5)6-3-10-12(2)4-6/h3-4H,9H2,1-2H3. The smallest absolute Gasteiger partial charge is 0.138 e. The van der Waals surface area contributed by atoms with Gasteiger partial charge in [0.2, 0.25) is 0 Å². The van der Waals surface area contributed by atoms with Gasteiger partial charge in [-0.3, -0.25) is 4.68 Å². The van der Waals surface area contributed by atoms with Gasteiger partial charge in [-0.1, -0.05) is 0 Å². The highest BCUT2D eigenvalue weighted by molar-refractivity contribution is 7.15. The van der Waals surface area contributed by atoms with E-state index in [4.69, 9.17) is 5.73 Å². The molecule has 2 heterocycles. The summed E-state index contributed by atoms with van der Waals surface area (Å²) in [6.45, 7) is 1.97. The van der Waals surface area contributed by atoms with Crippen LogP contribution < -0.4 is 5.73 Å². The topological polar surface area (TPSA) is 56.7 Å². The normalized spacial score (nSPS) is 10.6. The number of anilines is 1. The molecule has 0 amide bonds. The van der Waals surface area contributed by atoms with Crippen molar-refractivity contribution in [3.63, 3.8) is 0 Å². The lowest BCUT2D eigenvalue weighted by atomic mass is 10.4.